The number of carbonyl (C=O) groups is 1. The molecule has 98 valence electrons. The lowest BCUT2D eigenvalue weighted by Gasteiger charge is -2.35. The van der Waals surface area contributed by atoms with E-state index in [9.17, 15) is 4.79 Å². The molecule has 1 heterocycles. The van der Waals surface area contributed by atoms with Crippen LogP contribution >= 0.6 is 0 Å². The molecular formula is C14H20N2O2. The third-order valence-corrected chi connectivity index (χ3v) is 3.42. The molecule has 1 saturated heterocycles. The summed E-state index contributed by atoms with van der Waals surface area (Å²) in [6.07, 6.45) is 0. The number of ether oxygens (including phenoxy) is 1. The van der Waals surface area contributed by atoms with Crippen molar-refractivity contribution in [1.29, 1.82) is 0 Å². The predicted molar refractivity (Wildman–Crippen MR) is 72.7 cm³/mol. The molecule has 0 unspecified atom stereocenters. The molecule has 0 radical (unpaired) electrons. The highest BCUT2D eigenvalue weighted by atomic mass is 16.5. The molecule has 1 aromatic rings. The van der Waals surface area contributed by atoms with Crippen LogP contribution in [0.3, 0.4) is 0 Å². The Kier molecular flexibility index (Phi) is 3.87. The van der Waals surface area contributed by atoms with E-state index >= 15 is 0 Å². The zero-order valence-electron chi connectivity index (χ0n) is 11.3. The van der Waals surface area contributed by atoms with Crippen molar-refractivity contribution in [2.45, 2.75) is 6.92 Å². The van der Waals surface area contributed by atoms with Gasteiger partial charge in [0.1, 0.15) is 5.75 Å². The number of benzene rings is 1. The molecule has 0 spiro atoms. The van der Waals surface area contributed by atoms with E-state index in [1.807, 2.05) is 18.2 Å². The van der Waals surface area contributed by atoms with Gasteiger partial charge in [-0.15, -0.1) is 0 Å². The first-order valence-electron chi connectivity index (χ1n) is 6.25. The maximum absolute atomic E-state index is 11.8. The second kappa shape index (κ2) is 5.40. The number of rotatable bonds is 3. The van der Waals surface area contributed by atoms with E-state index in [4.69, 9.17) is 4.74 Å². The lowest BCUT2D eigenvalue weighted by Crippen LogP contribution is -2.45. The molecule has 0 saturated carbocycles. The highest BCUT2D eigenvalue weighted by molar-refractivity contribution is 6.02. The molecule has 18 heavy (non-hydrogen) atoms. The number of ketones is 1. The smallest absolute Gasteiger partial charge is 0.165 e. The molecular weight excluding hydrogens is 228 g/mol. The Labute approximate surface area is 108 Å². The van der Waals surface area contributed by atoms with Gasteiger partial charge in [-0.1, -0.05) is 6.07 Å². The zero-order chi connectivity index (χ0) is 13.1. The lowest BCUT2D eigenvalue weighted by atomic mass is 10.1. The fourth-order valence-corrected chi connectivity index (χ4v) is 2.35. The summed E-state index contributed by atoms with van der Waals surface area (Å²) in [5.41, 5.74) is 1.69. The third-order valence-electron chi connectivity index (χ3n) is 3.42. The fraction of sp³-hybridized carbons (Fsp3) is 0.500. The zero-order valence-corrected chi connectivity index (χ0v) is 11.3. The molecule has 1 aliphatic rings. The molecule has 0 amide bonds. The Hall–Kier alpha value is -1.55. The van der Waals surface area contributed by atoms with Crippen LogP contribution in [-0.4, -0.2) is 51.0 Å². The first-order chi connectivity index (χ1) is 8.63. The fourth-order valence-electron chi connectivity index (χ4n) is 2.35. The van der Waals surface area contributed by atoms with Gasteiger partial charge in [-0.25, -0.2) is 0 Å². The number of piperazine rings is 1. The summed E-state index contributed by atoms with van der Waals surface area (Å²) < 4.78 is 5.30. The van der Waals surface area contributed by atoms with Crippen LogP contribution in [-0.2, 0) is 0 Å². The Morgan fingerprint density at radius 1 is 1.22 bits per heavy atom. The second-order valence-corrected chi connectivity index (χ2v) is 4.70. The molecule has 0 aliphatic carbocycles. The van der Waals surface area contributed by atoms with Crippen molar-refractivity contribution in [2.24, 2.45) is 0 Å². The number of hydrogen-bond acceptors (Lipinski definition) is 4. The van der Waals surface area contributed by atoms with Gasteiger partial charge in [0.15, 0.2) is 5.78 Å². The van der Waals surface area contributed by atoms with Gasteiger partial charge < -0.3 is 14.5 Å². The first-order valence-corrected chi connectivity index (χ1v) is 6.25. The summed E-state index contributed by atoms with van der Waals surface area (Å²) in [6.45, 7) is 5.54. The van der Waals surface area contributed by atoms with Crippen LogP contribution in [0.5, 0.6) is 5.75 Å². The van der Waals surface area contributed by atoms with Crippen LogP contribution in [0.1, 0.15) is 17.3 Å². The summed E-state index contributed by atoms with van der Waals surface area (Å²) in [7, 11) is 3.73. The minimum atomic E-state index is 0.0568. The molecule has 4 heteroatoms. The van der Waals surface area contributed by atoms with Crippen molar-refractivity contribution < 1.29 is 9.53 Å². The SMILES string of the molecule is COc1cccc(N2CCN(C)CC2)c1C(C)=O. The number of Topliss-reactive ketones (excluding diaryl/α,β-unsaturated/α-hetero) is 1. The minimum Gasteiger partial charge on any atom is -0.496 e. The maximum atomic E-state index is 11.8. The highest BCUT2D eigenvalue weighted by Gasteiger charge is 2.21. The highest BCUT2D eigenvalue weighted by Crippen LogP contribution is 2.30. The van der Waals surface area contributed by atoms with Crippen molar-refractivity contribution in [2.75, 3.05) is 45.2 Å². The largest absolute Gasteiger partial charge is 0.496 e. The summed E-state index contributed by atoms with van der Waals surface area (Å²) >= 11 is 0. The lowest BCUT2D eigenvalue weighted by molar-refractivity contribution is 0.101. The quantitative estimate of drug-likeness (QED) is 0.761. The van der Waals surface area contributed by atoms with Gasteiger partial charge in [0.05, 0.1) is 18.4 Å². The standard InChI is InChI=1S/C14H20N2O2/c1-11(17)14-12(5-4-6-13(14)18-3)16-9-7-15(2)8-10-16/h4-6H,7-10H2,1-3H3. The van der Waals surface area contributed by atoms with Gasteiger partial charge in [0.2, 0.25) is 0 Å². The molecule has 1 aromatic carbocycles. The van der Waals surface area contributed by atoms with Crippen LogP contribution in [0.25, 0.3) is 0 Å². The van der Waals surface area contributed by atoms with Crippen molar-refractivity contribution in [3.05, 3.63) is 23.8 Å². The molecule has 4 nitrogen and oxygen atoms in total. The van der Waals surface area contributed by atoms with E-state index < -0.39 is 0 Å². The average Bonchev–Trinajstić information content (AvgIpc) is 2.38. The molecule has 0 atom stereocenters. The average molecular weight is 248 g/mol. The minimum absolute atomic E-state index is 0.0568. The van der Waals surface area contributed by atoms with Gasteiger partial charge in [0, 0.05) is 26.2 Å². The van der Waals surface area contributed by atoms with E-state index in [1.165, 1.54) is 0 Å². The molecule has 0 N–H and O–H groups in total. The first kappa shape index (κ1) is 12.9. The van der Waals surface area contributed by atoms with Crippen LogP contribution in [0.15, 0.2) is 18.2 Å². The van der Waals surface area contributed by atoms with Crippen LogP contribution in [0.4, 0.5) is 5.69 Å². The third kappa shape index (κ3) is 2.48. The van der Waals surface area contributed by atoms with Crippen LogP contribution in [0, 0.1) is 0 Å². The Morgan fingerprint density at radius 3 is 2.44 bits per heavy atom. The van der Waals surface area contributed by atoms with E-state index in [1.54, 1.807) is 14.0 Å². The van der Waals surface area contributed by atoms with E-state index in [-0.39, 0.29) is 5.78 Å². The topological polar surface area (TPSA) is 32.8 Å². The molecule has 1 fully saturated rings. The Bertz CT molecular complexity index is 437. The molecule has 2 rings (SSSR count). The number of anilines is 1. The van der Waals surface area contributed by atoms with E-state index in [2.05, 4.69) is 16.8 Å². The summed E-state index contributed by atoms with van der Waals surface area (Å²) in [4.78, 5) is 16.4. The van der Waals surface area contributed by atoms with Crippen molar-refractivity contribution >= 4 is 11.5 Å². The number of methoxy groups -OCH3 is 1. The van der Waals surface area contributed by atoms with Gasteiger partial charge in [-0.3, -0.25) is 4.79 Å². The number of carbonyl (C=O) groups excluding carboxylic acids is 1. The normalized spacial score (nSPS) is 16.7. The predicted octanol–water partition coefficient (Wildman–Crippen LogP) is 1.65. The van der Waals surface area contributed by atoms with Gasteiger partial charge in [-0.2, -0.15) is 0 Å². The monoisotopic (exact) mass is 248 g/mol. The Morgan fingerprint density at radius 2 is 1.89 bits per heavy atom. The van der Waals surface area contributed by atoms with Crippen molar-refractivity contribution in [3.63, 3.8) is 0 Å². The van der Waals surface area contributed by atoms with Gasteiger partial charge in [0.25, 0.3) is 0 Å². The molecule has 0 aromatic heterocycles. The van der Waals surface area contributed by atoms with Gasteiger partial charge >= 0.3 is 0 Å². The summed E-state index contributed by atoms with van der Waals surface area (Å²) in [5, 5.41) is 0. The number of likely N-dealkylation sites (N-methyl/N-ethyl adjacent to an activating group) is 1. The number of nitrogens with zero attached hydrogens (tertiary/aromatic N) is 2. The van der Waals surface area contributed by atoms with Crippen LogP contribution < -0.4 is 9.64 Å². The summed E-state index contributed by atoms with van der Waals surface area (Å²) in [5.74, 6) is 0.723. The Balaban J connectivity index is 2.35. The van der Waals surface area contributed by atoms with E-state index in [0.29, 0.717) is 11.3 Å². The maximum Gasteiger partial charge on any atom is 0.165 e. The number of hydrogen-bond donors (Lipinski definition) is 0. The van der Waals surface area contributed by atoms with Gasteiger partial charge in [-0.05, 0) is 26.1 Å². The molecule has 0 bridgehead atoms. The van der Waals surface area contributed by atoms with E-state index in [0.717, 1.165) is 31.9 Å². The van der Waals surface area contributed by atoms with Crippen molar-refractivity contribution in [1.82, 2.24) is 4.90 Å². The van der Waals surface area contributed by atoms with Crippen molar-refractivity contribution in [3.8, 4) is 5.75 Å². The molecule has 1 aliphatic heterocycles. The second-order valence-electron chi connectivity index (χ2n) is 4.70. The van der Waals surface area contributed by atoms with Crippen LogP contribution in [0.2, 0.25) is 0 Å². The summed E-state index contributed by atoms with van der Waals surface area (Å²) in [6, 6.07) is 5.79.